The maximum absolute atomic E-state index is 13.4. The van der Waals surface area contributed by atoms with Crippen LogP contribution in [0.15, 0.2) is 30.5 Å². The molecule has 0 aliphatic heterocycles. The van der Waals surface area contributed by atoms with Crippen molar-refractivity contribution in [2.24, 2.45) is 0 Å². The van der Waals surface area contributed by atoms with Gasteiger partial charge < -0.3 is 10.1 Å². The summed E-state index contributed by atoms with van der Waals surface area (Å²) in [6, 6.07) is 6.27. The van der Waals surface area contributed by atoms with E-state index in [0.717, 1.165) is 0 Å². The van der Waals surface area contributed by atoms with Crippen molar-refractivity contribution in [3.8, 4) is 0 Å². The first kappa shape index (κ1) is 12.4. The van der Waals surface area contributed by atoms with Gasteiger partial charge in [-0.2, -0.15) is 0 Å². The molecule has 0 saturated carbocycles. The van der Waals surface area contributed by atoms with Crippen LogP contribution in [-0.2, 0) is 4.74 Å². The molecule has 0 spiro atoms. The highest BCUT2D eigenvalue weighted by Crippen LogP contribution is 2.16. The maximum Gasteiger partial charge on any atom is 0.252 e. The number of amides is 1. The molecule has 94 valence electrons. The van der Waals surface area contributed by atoms with E-state index < -0.39 is 0 Å². The normalized spacial score (nSPS) is 10.6. The molecule has 4 nitrogen and oxygen atoms in total. The van der Waals surface area contributed by atoms with Gasteiger partial charge in [0.1, 0.15) is 11.3 Å². The number of benzene rings is 1. The first-order valence-electron chi connectivity index (χ1n) is 5.54. The minimum atomic E-state index is -0.390. The van der Waals surface area contributed by atoms with E-state index in [1.807, 2.05) is 0 Å². The monoisotopic (exact) mass is 248 g/mol. The second-order valence-electron chi connectivity index (χ2n) is 3.78. The van der Waals surface area contributed by atoms with Gasteiger partial charge in [0.15, 0.2) is 0 Å². The number of carbonyl (C=O) groups is 1. The van der Waals surface area contributed by atoms with Gasteiger partial charge in [-0.15, -0.1) is 0 Å². The predicted molar refractivity (Wildman–Crippen MR) is 65.9 cm³/mol. The van der Waals surface area contributed by atoms with Gasteiger partial charge in [0, 0.05) is 25.2 Å². The molecule has 0 radical (unpaired) electrons. The van der Waals surface area contributed by atoms with Crippen LogP contribution in [0, 0.1) is 5.82 Å². The predicted octanol–water partition coefficient (Wildman–Crippen LogP) is 1.75. The Morgan fingerprint density at radius 3 is 3.11 bits per heavy atom. The van der Waals surface area contributed by atoms with Crippen LogP contribution in [0.1, 0.15) is 10.4 Å². The molecule has 0 unspecified atom stereocenters. The summed E-state index contributed by atoms with van der Waals surface area (Å²) >= 11 is 0. The second kappa shape index (κ2) is 5.55. The van der Waals surface area contributed by atoms with Crippen LogP contribution in [0.2, 0.25) is 0 Å². The van der Waals surface area contributed by atoms with Gasteiger partial charge in [-0.1, -0.05) is 12.1 Å². The van der Waals surface area contributed by atoms with Gasteiger partial charge in [-0.25, -0.2) is 4.39 Å². The molecule has 1 aromatic heterocycles. The molecule has 0 bridgehead atoms. The van der Waals surface area contributed by atoms with Gasteiger partial charge >= 0.3 is 0 Å². The SMILES string of the molecule is COCCNC(=O)c1cnc2c(F)cccc2c1. The van der Waals surface area contributed by atoms with E-state index in [9.17, 15) is 9.18 Å². The quantitative estimate of drug-likeness (QED) is 0.839. The Balaban J connectivity index is 2.22. The summed E-state index contributed by atoms with van der Waals surface area (Å²) in [5, 5.41) is 3.29. The number of halogens is 1. The third-order valence-electron chi connectivity index (χ3n) is 2.52. The van der Waals surface area contributed by atoms with Crippen molar-refractivity contribution in [2.45, 2.75) is 0 Å². The minimum Gasteiger partial charge on any atom is -0.383 e. The van der Waals surface area contributed by atoms with Crippen LogP contribution in [-0.4, -0.2) is 31.2 Å². The lowest BCUT2D eigenvalue weighted by Crippen LogP contribution is -2.27. The molecule has 1 N–H and O–H groups in total. The van der Waals surface area contributed by atoms with Crippen LogP contribution in [0.5, 0.6) is 0 Å². The second-order valence-corrected chi connectivity index (χ2v) is 3.78. The maximum atomic E-state index is 13.4. The molecule has 5 heteroatoms. The van der Waals surface area contributed by atoms with Crippen molar-refractivity contribution in [1.29, 1.82) is 0 Å². The number of rotatable bonds is 4. The van der Waals surface area contributed by atoms with E-state index >= 15 is 0 Å². The van der Waals surface area contributed by atoms with Crippen LogP contribution in [0.3, 0.4) is 0 Å². The van der Waals surface area contributed by atoms with Gasteiger partial charge in [0.25, 0.3) is 5.91 Å². The molecule has 0 fully saturated rings. The molecule has 0 aliphatic carbocycles. The van der Waals surface area contributed by atoms with Crippen molar-refractivity contribution in [3.05, 3.63) is 41.8 Å². The molecule has 0 saturated heterocycles. The van der Waals surface area contributed by atoms with Crippen molar-refractivity contribution in [3.63, 3.8) is 0 Å². The van der Waals surface area contributed by atoms with Crippen LogP contribution >= 0.6 is 0 Å². The Hall–Kier alpha value is -2.01. The zero-order valence-electron chi connectivity index (χ0n) is 9.94. The number of nitrogens with one attached hydrogen (secondary N) is 1. The molecule has 2 rings (SSSR count). The van der Waals surface area contributed by atoms with Gasteiger partial charge in [0.05, 0.1) is 12.2 Å². The average Bonchev–Trinajstić information content (AvgIpc) is 2.39. The van der Waals surface area contributed by atoms with Gasteiger partial charge in [-0.05, 0) is 12.1 Å². The number of hydrogen-bond donors (Lipinski definition) is 1. The molecule has 1 amide bonds. The summed E-state index contributed by atoms with van der Waals surface area (Å²) in [5.41, 5.74) is 0.676. The average molecular weight is 248 g/mol. The number of fused-ring (bicyclic) bond motifs is 1. The van der Waals surface area contributed by atoms with E-state index in [0.29, 0.717) is 24.1 Å². The minimum absolute atomic E-state index is 0.245. The van der Waals surface area contributed by atoms with E-state index in [2.05, 4.69) is 10.3 Å². The molecule has 18 heavy (non-hydrogen) atoms. The van der Waals surface area contributed by atoms with Crippen LogP contribution < -0.4 is 5.32 Å². The Morgan fingerprint density at radius 1 is 1.50 bits per heavy atom. The number of aromatic nitrogens is 1. The topological polar surface area (TPSA) is 51.2 Å². The Kier molecular flexibility index (Phi) is 3.84. The van der Waals surface area contributed by atoms with Crippen molar-refractivity contribution < 1.29 is 13.9 Å². The molecule has 1 heterocycles. The lowest BCUT2D eigenvalue weighted by atomic mass is 10.1. The number of hydrogen-bond acceptors (Lipinski definition) is 3. The first-order chi connectivity index (χ1) is 8.72. The van der Waals surface area contributed by atoms with Crippen molar-refractivity contribution in [1.82, 2.24) is 10.3 Å². The largest absolute Gasteiger partial charge is 0.383 e. The standard InChI is InChI=1S/C13H13FN2O2/c1-18-6-5-15-13(17)10-7-9-3-2-4-11(14)12(9)16-8-10/h2-4,7-8H,5-6H2,1H3,(H,15,17). The fourth-order valence-electron chi connectivity index (χ4n) is 1.62. The van der Waals surface area contributed by atoms with Crippen LogP contribution in [0.25, 0.3) is 10.9 Å². The summed E-state index contributed by atoms with van der Waals surface area (Å²) in [6.45, 7) is 0.873. The zero-order valence-corrected chi connectivity index (χ0v) is 9.94. The molecule has 1 aromatic carbocycles. The number of ether oxygens (including phenoxy) is 1. The zero-order chi connectivity index (χ0) is 13.0. The summed E-state index contributed by atoms with van der Waals surface area (Å²) in [4.78, 5) is 15.7. The Bertz CT molecular complexity index is 572. The lowest BCUT2D eigenvalue weighted by molar-refractivity contribution is 0.0937. The van der Waals surface area contributed by atoms with Crippen LogP contribution in [0.4, 0.5) is 4.39 Å². The Labute approximate surface area is 104 Å². The first-order valence-corrected chi connectivity index (χ1v) is 5.54. The molecule has 0 atom stereocenters. The van der Waals surface area contributed by atoms with Gasteiger partial charge in [0.2, 0.25) is 0 Å². The van der Waals surface area contributed by atoms with E-state index in [-0.39, 0.29) is 17.2 Å². The third-order valence-corrected chi connectivity index (χ3v) is 2.52. The number of pyridine rings is 1. The number of nitrogens with zero attached hydrogens (tertiary/aromatic N) is 1. The smallest absolute Gasteiger partial charge is 0.252 e. The molecular weight excluding hydrogens is 235 g/mol. The third kappa shape index (κ3) is 2.62. The summed E-state index contributed by atoms with van der Waals surface area (Å²) < 4.78 is 18.2. The highest BCUT2D eigenvalue weighted by atomic mass is 19.1. The molecule has 2 aromatic rings. The summed E-state index contributed by atoms with van der Waals surface area (Å²) in [5.74, 6) is -0.635. The summed E-state index contributed by atoms with van der Waals surface area (Å²) in [7, 11) is 1.56. The van der Waals surface area contributed by atoms with E-state index in [1.165, 1.54) is 12.3 Å². The number of carbonyl (C=O) groups excluding carboxylic acids is 1. The lowest BCUT2D eigenvalue weighted by Gasteiger charge is -2.05. The highest BCUT2D eigenvalue weighted by molar-refractivity contribution is 5.97. The van der Waals surface area contributed by atoms with E-state index in [4.69, 9.17) is 4.74 Å². The summed E-state index contributed by atoms with van der Waals surface area (Å²) in [6.07, 6.45) is 1.37. The fourth-order valence-corrected chi connectivity index (χ4v) is 1.62. The van der Waals surface area contributed by atoms with Crippen molar-refractivity contribution >= 4 is 16.8 Å². The highest BCUT2D eigenvalue weighted by Gasteiger charge is 2.08. The number of methoxy groups -OCH3 is 1. The fraction of sp³-hybridized carbons (Fsp3) is 0.231. The van der Waals surface area contributed by atoms with Gasteiger partial charge in [-0.3, -0.25) is 9.78 Å². The number of para-hydroxylation sites is 1. The Morgan fingerprint density at radius 2 is 2.33 bits per heavy atom. The van der Waals surface area contributed by atoms with Crippen molar-refractivity contribution in [2.75, 3.05) is 20.3 Å². The molecule has 0 aliphatic rings. The molecular formula is C13H13FN2O2. The van der Waals surface area contributed by atoms with E-state index in [1.54, 1.807) is 25.3 Å².